The Bertz CT molecular complexity index is 913. The number of carbonyl (C=O) groups is 1. The molecule has 0 bridgehead atoms. The van der Waals surface area contributed by atoms with Crippen LogP contribution in [0.2, 0.25) is 0 Å². The SMILES string of the molecule is CCCCCCCCCCCCOC1=CC(=O)N([C@H]2c3cc([N+](=O)[O-])ccc3OC(C)(C)[C@@H]2O)C1. The number of hydrogen-bond donors (Lipinski definition) is 1. The molecule has 2 aliphatic rings. The molecule has 1 aromatic rings. The van der Waals surface area contributed by atoms with E-state index in [0.29, 0.717) is 23.7 Å². The third-order valence-corrected chi connectivity index (χ3v) is 6.92. The zero-order valence-corrected chi connectivity index (χ0v) is 21.3. The van der Waals surface area contributed by atoms with Crippen LogP contribution in [0.15, 0.2) is 30.0 Å². The number of nitrogens with zero attached hydrogens (tertiary/aromatic N) is 2. The number of fused-ring (bicyclic) bond motifs is 1. The van der Waals surface area contributed by atoms with Gasteiger partial charge in [-0.3, -0.25) is 14.9 Å². The van der Waals surface area contributed by atoms with Gasteiger partial charge in [-0.1, -0.05) is 64.7 Å². The van der Waals surface area contributed by atoms with Crippen molar-refractivity contribution in [2.24, 2.45) is 0 Å². The van der Waals surface area contributed by atoms with Crippen LogP contribution in [-0.2, 0) is 9.53 Å². The van der Waals surface area contributed by atoms with E-state index in [9.17, 15) is 20.0 Å². The van der Waals surface area contributed by atoms with Crippen LogP contribution in [0.4, 0.5) is 5.69 Å². The molecule has 0 spiro atoms. The number of amides is 1. The lowest BCUT2D eigenvalue weighted by Gasteiger charge is -2.45. The standard InChI is InChI=1S/C27H40N2O6/c1-4-5-6-7-8-9-10-11-12-13-16-34-21-18-24(30)28(19-21)25-22-17-20(29(32)33)14-15-23(22)35-27(2,3)26(25)31/h14-15,17-18,25-26,31H,4-13,16,19H2,1-3H3/t25-,26+/m0/s1. The highest BCUT2D eigenvalue weighted by molar-refractivity contribution is 5.91. The normalized spacial score (nSPS) is 20.9. The zero-order valence-electron chi connectivity index (χ0n) is 21.3. The minimum absolute atomic E-state index is 0.110. The number of aliphatic hydroxyl groups excluding tert-OH is 1. The Labute approximate surface area is 208 Å². The van der Waals surface area contributed by atoms with Crippen LogP contribution < -0.4 is 4.74 Å². The highest BCUT2D eigenvalue weighted by Crippen LogP contribution is 2.45. The summed E-state index contributed by atoms with van der Waals surface area (Å²) in [4.78, 5) is 25.2. The summed E-state index contributed by atoms with van der Waals surface area (Å²) < 4.78 is 11.8. The van der Waals surface area contributed by atoms with Crippen LogP contribution in [0, 0.1) is 10.1 Å². The molecule has 0 saturated carbocycles. The minimum Gasteiger partial charge on any atom is -0.496 e. The van der Waals surface area contributed by atoms with E-state index in [-0.39, 0.29) is 18.1 Å². The number of non-ortho nitro benzene ring substituents is 1. The lowest BCUT2D eigenvalue weighted by Crippen LogP contribution is -2.54. The summed E-state index contributed by atoms with van der Waals surface area (Å²) in [5.41, 5.74) is -0.641. The molecule has 2 aliphatic heterocycles. The van der Waals surface area contributed by atoms with Crippen LogP contribution in [0.25, 0.3) is 0 Å². The molecule has 2 heterocycles. The molecule has 3 rings (SSSR count). The monoisotopic (exact) mass is 488 g/mol. The molecule has 0 aliphatic carbocycles. The average molecular weight is 489 g/mol. The molecule has 1 aromatic carbocycles. The van der Waals surface area contributed by atoms with Gasteiger partial charge >= 0.3 is 0 Å². The maximum atomic E-state index is 12.9. The summed E-state index contributed by atoms with van der Waals surface area (Å²) in [5, 5.41) is 22.4. The van der Waals surface area contributed by atoms with Crippen molar-refractivity contribution in [3.63, 3.8) is 0 Å². The molecule has 35 heavy (non-hydrogen) atoms. The van der Waals surface area contributed by atoms with Crippen molar-refractivity contribution in [3.8, 4) is 5.75 Å². The average Bonchev–Trinajstić information content (AvgIpc) is 3.17. The Morgan fingerprint density at radius 2 is 1.74 bits per heavy atom. The Balaban J connectivity index is 1.50. The number of unbranched alkanes of at least 4 members (excludes halogenated alkanes) is 9. The van der Waals surface area contributed by atoms with E-state index in [1.54, 1.807) is 13.8 Å². The molecule has 1 amide bonds. The molecule has 0 fully saturated rings. The smallest absolute Gasteiger partial charge is 0.270 e. The van der Waals surface area contributed by atoms with Crippen LogP contribution in [0.3, 0.4) is 0 Å². The molecule has 0 radical (unpaired) electrons. The van der Waals surface area contributed by atoms with Gasteiger partial charge in [-0.25, -0.2) is 0 Å². The highest BCUT2D eigenvalue weighted by atomic mass is 16.6. The van der Waals surface area contributed by atoms with Gasteiger partial charge in [0.25, 0.3) is 11.6 Å². The van der Waals surface area contributed by atoms with Crippen molar-refractivity contribution in [1.82, 2.24) is 4.90 Å². The number of ether oxygens (including phenoxy) is 2. The first-order chi connectivity index (χ1) is 16.7. The molecule has 0 saturated heterocycles. The van der Waals surface area contributed by atoms with Gasteiger partial charge in [-0.05, 0) is 26.3 Å². The Kier molecular flexibility index (Phi) is 9.55. The molecule has 194 valence electrons. The Morgan fingerprint density at radius 1 is 1.11 bits per heavy atom. The minimum atomic E-state index is -1.06. The van der Waals surface area contributed by atoms with Gasteiger partial charge < -0.3 is 19.5 Å². The van der Waals surface area contributed by atoms with Crippen molar-refractivity contribution in [1.29, 1.82) is 0 Å². The highest BCUT2D eigenvalue weighted by Gasteiger charge is 2.48. The number of rotatable bonds is 14. The summed E-state index contributed by atoms with van der Waals surface area (Å²) in [5.74, 6) is 0.722. The lowest BCUT2D eigenvalue weighted by atomic mass is 9.85. The van der Waals surface area contributed by atoms with E-state index in [1.807, 2.05) is 0 Å². The number of carbonyl (C=O) groups excluding carboxylic acids is 1. The third-order valence-electron chi connectivity index (χ3n) is 6.92. The number of hydrogen-bond acceptors (Lipinski definition) is 6. The van der Waals surface area contributed by atoms with Gasteiger partial charge in [0, 0.05) is 23.8 Å². The number of benzene rings is 1. The maximum absolute atomic E-state index is 12.9. The fraction of sp³-hybridized carbons (Fsp3) is 0.667. The second-order valence-corrected chi connectivity index (χ2v) is 10.2. The first-order valence-corrected chi connectivity index (χ1v) is 13.0. The van der Waals surface area contributed by atoms with Crippen molar-refractivity contribution in [2.75, 3.05) is 13.2 Å². The summed E-state index contributed by atoms with van der Waals surface area (Å²) in [7, 11) is 0. The van der Waals surface area contributed by atoms with E-state index in [4.69, 9.17) is 9.47 Å². The number of nitro groups is 1. The quantitative estimate of drug-likeness (QED) is 0.201. The fourth-order valence-electron chi connectivity index (χ4n) is 4.83. The molecule has 0 unspecified atom stereocenters. The van der Waals surface area contributed by atoms with Gasteiger partial charge in [0.05, 0.1) is 24.1 Å². The molecular formula is C27H40N2O6. The van der Waals surface area contributed by atoms with E-state index >= 15 is 0 Å². The Morgan fingerprint density at radius 3 is 2.37 bits per heavy atom. The van der Waals surface area contributed by atoms with Crippen LogP contribution in [-0.4, -0.2) is 45.7 Å². The summed E-state index contributed by atoms with van der Waals surface area (Å²) in [6.45, 7) is 6.49. The summed E-state index contributed by atoms with van der Waals surface area (Å²) >= 11 is 0. The van der Waals surface area contributed by atoms with Gasteiger partial charge in [0.15, 0.2) is 0 Å². The van der Waals surface area contributed by atoms with Gasteiger partial charge in [0.1, 0.15) is 23.2 Å². The van der Waals surface area contributed by atoms with Crippen molar-refractivity contribution >= 4 is 11.6 Å². The second-order valence-electron chi connectivity index (χ2n) is 10.2. The van der Waals surface area contributed by atoms with Crippen LogP contribution >= 0.6 is 0 Å². The second kappa shape index (κ2) is 12.4. The third kappa shape index (κ3) is 6.97. The lowest BCUT2D eigenvalue weighted by molar-refractivity contribution is -0.385. The molecule has 1 N–H and O–H groups in total. The molecule has 0 aromatic heterocycles. The first kappa shape index (κ1) is 27.0. The Hall–Kier alpha value is -2.61. The first-order valence-electron chi connectivity index (χ1n) is 13.0. The van der Waals surface area contributed by atoms with Crippen molar-refractivity contribution in [3.05, 3.63) is 45.7 Å². The van der Waals surface area contributed by atoms with Crippen molar-refractivity contribution < 1.29 is 24.3 Å². The molecule has 8 heteroatoms. The predicted molar refractivity (Wildman–Crippen MR) is 134 cm³/mol. The van der Waals surface area contributed by atoms with Crippen molar-refractivity contribution in [2.45, 2.75) is 103 Å². The maximum Gasteiger partial charge on any atom is 0.270 e. The largest absolute Gasteiger partial charge is 0.496 e. The molecular weight excluding hydrogens is 448 g/mol. The van der Waals surface area contributed by atoms with E-state index in [1.165, 1.54) is 80.5 Å². The van der Waals surface area contributed by atoms with Gasteiger partial charge in [0.2, 0.25) is 0 Å². The molecule has 8 nitrogen and oxygen atoms in total. The topological polar surface area (TPSA) is 102 Å². The van der Waals surface area contributed by atoms with E-state index in [2.05, 4.69) is 6.92 Å². The van der Waals surface area contributed by atoms with E-state index in [0.717, 1.165) is 12.8 Å². The zero-order chi connectivity index (χ0) is 25.4. The summed E-state index contributed by atoms with van der Waals surface area (Å²) in [6, 6.07) is 3.52. The molecule has 2 atom stereocenters. The summed E-state index contributed by atoms with van der Waals surface area (Å²) in [6.07, 6.45) is 12.8. The van der Waals surface area contributed by atoms with Gasteiger partial charge in [-0.15, -0.1) is 0 Å². The van der Waals surface area contributed by atoms with Crippen LogP contribution in [0.5, 0.6) is 5.75 Å². The van der Waals surface area contributed by atoms with Gasteiger partial charge in [-0.2, -0.15) is 0 Å². The fourth-order valence-corrected chi connectivity index (χ4v) is 4.83. The van der Waals surface area contributed by atoms with E-state index < -0.39 is 22.7 Å². The van der Waals surface area contributed by atoms with Crippen LogP contribution in [0.1, 0.15) is 96.6 Å². The number of nitro benzene ring substituents is 1. The number of aliphatic hydroxyl groups is 1. The predicted octanol–water partition coefficient (Wildman–Crippen LogP) is 5.83.